The molecule has 0 radical (unpaired) electrons. The second-order valence-electron chi connectivity index (χ2n) is 5.19. The number of ether oxygens (including phenoxy) is 1. The first-order chi connectivity index (χ1) is 12.3. The molecule has 0 aliphatic carbocycles. The van der Waals surface area contributed by atoms with Gasteiger partial charge in [-0.3, -0.25) is 10.1 Å². The predicted octanol–water partition coefficient (Wildman–Crippen LogP) is 5.59. The Kier molecular flexibility index (Phi) is 5.86. The Balaban J connectivity index is 0.00000117. The molecule has 0 bridgehead atoms. The van der Waals surface area contributed by atoms with E-state index < -0.39 is 11.3 Å². The molecule has 2 aromatic carbocycles. The number of nitro groups is 1. The SMILES string of the molecule is CC.O=[N+]([O-])c1ccc2[nH]c(Cc3ccc(OC(F)(F)F)cc3)cc2c1. The van der Waals surface area contributed by atoms with Gasteiger partial charge in [-0.25, -0.2) is 0 Å². The number of non-ortho nitro benzene ring substituents is 1. The zero-order valence-corrected chi connectivity index (χ0v) is 14.1. The number of aromatic amines is 1. The van der Waals surface area contributed by atoms with Crippen LogP contribution in [0.3, 0.4) is 0 Å². The number of nitrogens with zero attached hydrogens (tertiary/aromatic N) is 1. The first-order valence-electron chi connectivity index (χ1n) is 7.91. The standard InChI is InChI=1S/C16H11F3N2O3.C2H6/c17-16(18,19)24-14-4-1-10(2-5-14)7-12-8-11-9-13(21(22)23)3-6-15(11)20-12;1-2/h1-6,8-9,20H,7H2;1-2H3. The van der Waals surface area contributed by atoms with E-state index in [1.807, 2.05) is 13.8 Å². The van der Waals surface area contributed by atoms with Crippen molar-refractivity contribution in [1.82, 2.24) is 4.98 Å². The van der Waals surface area contributed by atoms with Gasteiger partial charge in [0.1, 0.15) is 5.75 Å². The Bertz CT molecular complexity index is 887. The number of rotatable bonds is 4. The lowest BCUT2D eigenvalue weighted by atomic mass is 10.1. The Hall–Kier alpha value is -3.03. The molecule has 5 nitrogen and oxygen atoms in total. The first kappa shape index (κ1) is 19.3. The number of nitro benzene ring substituents is 1. The van der Waals surface area contributed by atoms with E-state index >= 15 is 0 Å². The van der Waals surface area contributed by atoms with Crippen LogP contribution in [0.5, 0.6) is 5.75 Å². The van der Waals surface area contributed by atoms with Crippen LogP contribution < -0.4 is 4.74 Å². The largest absolute Gasteiger partial charge is 0.573 e. The van der Waals surface area contributed by atoms with E-state index in [9.17, 15) is 23.3 Å². The predicted molar refractivity (Wildman–Crippen MR) is 92.2 cm³/mol. The number of hydrogen-bond acceptors (Lipinski definition) is 3. The van der Waals surface area contributed by atoms with Crippen LogP contribution in [-0.4, -0.2) is 16.3 Å². The third-order valence-corrected chi connectivity index (χ3v) is 3.42. The van der Waals surface area contributed by atoms with Crippen LogP contribution in [0.4, 0.5) is 18.9 Å². The van der Waals surface area contributed by atoms with Crippen molar-refractivity contribution >= 4 is 16.6 Å². The van der Waals surface area contributed by atoms with E-state index in [0.717, 1.165) is 16.8 Å². The summed E-state index contributed by atoms with van der Waals surface area (Å²) in [7, 11) is 0. The zero-order valence-electron chi connectivity index (χ0n) is 14.1. The summed E-state index contributed by atoms with van der Waals surface area (Å²) in [5.74, 6) is -0.279. The highest BCUT2D eigenvalue weighted by Crippen LogP contribution is 2.25. The number of H-pyrrole nitrogens is 1. The highest BCUT2D eigenvalue weighted by Gasteiger charge is 2.30. The summed E-state index contributed by atoms with van der Waals surface area (Å²) in [5.41, 5.74) is 2.34. The summed E-state index contributed by atoms with van der Waals surface area (Å²) in [6, 6.07) is 11.8. The fourth-order valence-corrected chi connectivity index (χ4v) is 2.42. The molecule has 0 amide bonds. The molecule has 0 saturated heterocycles. The summed E-state index contributed by atoms with van der Waals surface area (Å²) >= 11 is 0. The molecule has 26 heavy (non-hydrogen) atoms. The van der Waals surface area contributed by atoms with Gasteiger partial charge in [0, 0.05) is 35.2 Å². The Morgan fingerprint density at radius 1 is 1.08 bits per heavy atom. The van der Waals surface area contributed by atoms with Crippen molar-refractivity contribution in [2.45, 2.75) is 26.6 Å². The smallest absolute Gasteiger partial charge is 0.406 e. The van der Waals surface area contributed by atoms with Crippen LogP contribution in [0.25, 0.3) is 10.9 Å². The van der Waals surface area contributed by atoms with Crippen molar-refractivity contribution in [3.63, 3.8) is 0 Å². The normalized spacial score (nSPS) is 11.0. The van der Waals surface area contributed by atoms with Crippen LogP contribution in [0.2, 0.25) is 0 Å². The highest BCUT2D eigenvalue weighted by atomic mass is 19.4. The minimum absolute atomic E-state index is 0.00158. The number of nitrogens with one attached hydrogen (secondary N) is 1. The molecular formula is C18H17F3N2O3. The van der Waals surface area contributed by atoms with E-state index in [4.69, 9.17) is 0 Å². The fraction of sp³-hybridized carbons (Fsp3) is 0.222. The van der Waals surface area contributed by atoms with E-state index in [2.05, 4.69) is 9.72 Å². The quantitative estimate of drug-likeness (QED) is 0.483. The molecule has 0 unspecified atom stereocenters. The molecule has 138 valence electrons. The van der Waals surface area contributed by atoms with Gasteiger partial charge in [-0.05, 0) is 29.8 Å². The van der Waals surface area contributed by atoms with Crippen molar-refractivity contribution < 1.29 is 22.8 Å². The van der Waals surface area contributed by atoms with Gasteiger partial charge in [0.05, 0.1) is 4.92 Å². The molecule has 1 aromatic heterocycles. The van der Waals surface area contributed by atoms with E-state index in [1.54, 1.807) is 12.1 Å². The lowest BCUT2D eigenvalue weighted by molar-refractivity contribution is -0.384. The van der Waals surface area contributed by atoms with Gasteiger partial charge in [-0.15, -0.1) is 13.2 Å². The van der Waals surface area contributed by atoms with E-state index in [0.29, 0.717) is 11.8 Å². The summed E-state index contributed by atoms with van der Waals surface area (Å²) in [5, 5.41) is 11.5. The van der Waals surface area contributed by atoms with Crippen molar-refractivity contribution in [2.75, 3.05) is 0 Å². The Morgan fingerprint density at radius 3 is 2.31 bits per heavy atom. The van der Waals surface area contributed by atoms with Gasteiger partial charge in [0.15, 0.2) is 0 Å². The topological polar surface area (TPSA) is 68.2 Å². The maximum Gasteiger partial charge on any atom is 0.573 e. The van der Waals surface area contributed by atoms with Crippen molar-refractivity contribution in [3.8, 4) is 5.75 Å². The van der Waals surface area contributed by atoms with Gasteiger partial charge in [0.25, 0.3) is 5.69 Å². The average Bonchev–Trinajstić information content (AvgIpc) is 2.98. The van der Waals surface area contributed by atoms with Crippen molar-refractivity contribution in [3.05, 3.63) is 69.9 Å². The second kappa shape index (κ2) is 7.90. The van der Waals surface area contributed by atoms with Crippen LogP contribution in [0, 0.1) is 10.1 Å². The molecule has 0 spiro atoms. The molecule has 0 fully saturated rings. The number of alkyl halides is 3. The summed E-state index contributed by atoms with van der Waals surface area (Å²) < 4.78 is 40.2. The molecule has 0 aliphatic rings. The number of hydrogen-bond donors (Lipinski definition) is 1. The maximum atomic E-state index is 12.1. The summed E-state index contributed by atoms with van der Waals surface area (Å²) in [4.78, 5) is 13.4. The van der Waals surface area contributed by atoms with E-state index in [-0.39, 0.29) is 11.4 Å². The number of halogens is 3. The molecule has 3 rings (SSSR count). The van der Waals surface area contributed by atoms with Gasteiger partial charge in [0.2, 0.25) is 0 Å². The van der Waals surface area contributed by atoms with Gasteiger partial charge < -0.3 is 9.72 Å². The van der Waals surface area contributed by atoms with Crippen LogP contribution in [0.1, 0.15) is 25.1 Å². The van der Waals surface area contributed by atoms with Gasteiger partial charge in [-0.2, -0.15) is 0 Å². The monoisotopic (exact) mass is 366 g/mol. The molecule has 1 heterocycles. The van der Waals surface area contributed by atoms with Crippen molar-refractivity contribution in [1.29, 1.82) is 0 Å². The highest BCUT2D eigenvalue weighted by molar-refractivity contribution is 5.82. The minimum Gasteiger partial charge on any atom is -0.406 e. The minimum atomic E-state index is -4.71. The fourth-order valence-electron chi connectivity index (χ4n) is 2.42. The summed E-state index contributed by atoms with van der Waals surface area (Å²) in [6.45, 7) is 4.00. The molecule has 0 atom stereocenters. The molecule has 3 aromatic rings. The van der Waals surface area contributed by atoms with Gasteiger partial charge in [-0.1, -0.05) is 26.0 Å². The Labute approximate surface area is 147 Å². The van der Waals surface area contributed by atoms with E-state index in [1.165, 1.54) is 36.4 Å². The molecule has 1 N–H and O–H groups in total. The summed E-state index contributed by atoms with van der Waals surface area (Å²) in [6.07, 6.45) is -4.26. The molecular weight excluding hydrogens is 349 g/mol. The first-order valence-corrected chi connectivity index (χ1v) is 7.91. The zero-order chi connectivity index (χ0) is 19.3. The lowest BCUT2D eigenvalue weighted by Crippen LogP contribution is -2.17. The lowest BCUT2D eigenvalue weighted by Gasteiger charge is -2.09. The third kappa shape index (κ3) is 4.98. The average molecular weight is 366 g/mol. The van der Waals surface area contributed by atoms with Crippen LogP contribution in [-0.2, 0) is 6.42 Å². The van der Waals surface area contributed by atoms with Crippen LogP contribution >= 0.6 is 0 Å². The molecule has 8 heteroatoms. The number of benzene rings is 2. The molecule has 0 saturated carbocycles. The van der Waals surface area contributed by atoms with Crippen molar-refractivity contribution in [2.24, 2.45) is 0 Å². The third-order valence-electron chi connectivity index (χ3n) is 3.42. The van der Waals surface area contributed by atoms with Gasteiger partial charge >= 0.3 is 6.36 Å². The number of aromatic nitrogens is 1. The van der Waals surface area contributed by atoms with Crippen LogP contribution in [0.15, 0.2) is 48.5 Å². The number of fused-ring (bicyclic) bond motifs is 1. The second-order valence-corrected chi connectivity index (χ2v) is 5.19. The Morgan fingerprint density at radius 2 is 1.73 bits per heavy atom. The molecule has 0 aliphatic heterocycles. The maximum absolute atomic E-state index is 12.1.